The van der Waals surface area contributed by atoms with Gasteiger partial charge in [0.25, 0.3) is 0 Å². The summed E-state index contributed by atoms with van der Waals surface area (Å²) < 4.78 is 5.29. The molecule has 4 nitrogen and oxygen atoms in total. The molecule has 1 aliphatic rings. The molecule has 0 radical (unpaired) electrons. The zero-order chi connectivity index (χ0) is 9.68. The zero-order valence-electron chi connectivity index (χ0n) is 7.72. The Morgan fingerprint density at radius 3 is 2.62 bits per heavy atom. The summed E-state index contributed by atoms with van der Waals surface area (Å²) >= 11 is 0. The lowest BCUT2D eigenvalue weighted by molar-refractivity contribution is -0.0894. The van der Waals surface area contributed by atoms with E-state index in [-0.39, 0.29) is 19.3 Å². The fourth-order valence-electron chi connectivity index (χ4n) is 1.56. The summed E-state index contributed by atoms with van der Waals surface area (Å²) in [5, 5.41) is 27.0. The summed E-state index contributed by atoms with van der Waals surface area (Å²) in [4.78, 5) is 0. The Bertz CT molecular complexity index is 140. The number of aliphatic hydroxyl groups is 3. The van der Waals surface area contributed by atoms with Crippen molar-refractivity contribution < 1.29 is 20.1 Å². The molecule has 1 aliphatic carbocycles. The first-order valence-electron chi connectivity index (χ1n) is 4.82. The van der Waals surface area contributed by atoms with Crippen LogP contribution in [0.3, 0.4) is 0 Å². The summed E-state index contributed by atoms with van der Waals surface area (Å²) in [7, 11) is 0. The van der Waals surface area contributed by atoms with Crippen molar-refractivity contribution in [1.29, 1.82) is 0 Å². The molecule has 0 aromatic carbocycles. The number of ether oxygens (including phenoxy) is 1. The molecule has 78 valence electrons. The molecule has 3 N–H and O–H groups in total. The van der Waals surface area contributed by atoms with E-state index in [1.165, 1.54) is 0 Å². The van der Waals surface area contributed by atoms with Gasteiger partial charge >= 0.3 is 0 Å². The normalized spacial score (nSPS) is 31.6. The van der Waals surface area contributed by atoms with E-state index in [1.807, 2.05) is 0 Å². The summed E-state index contributed by atoms with van der Waals surface area (Å²) in [5.74, 6) is 0. The average Bonchev–Trinajstić information content (AvgIpc) is 2.16. The quantitative estimate of drug-likeness (QED) is 0.567. The van der Waals surface area contributed by atoms with Gasteiger partial charge in [0.05, 0.1) is 25.4 Å². The molecule has 0 aromatic rings. The molecule has 13 heavy (non-hydrogen) atoms. The number of hydrogen-bond donors (Lipinski definition) is 3. The monoisotopic (exact) mass is 190 g/mol. The van der Waals surface area contributed by atoms with E-state index in [4.69, 9.17) is 14.9 Å². The lowest BCUT2D eigenvalue weighted by atomic mass is 9.95. The molecule has 0 bridgehead atoms. The molecular formula is C9H18O4. The third kappa shape index (κ3) is 3.60. The second kappa shape index (κ2) is 5.54. The van der Waals surface area contributed by atoms with Crippen molar-refractivity contribution in [3.63, 3.8) is 0 Å². The molecule has 4 heteroatoms. The van der Waals surface area contributed by atoms with Gasteiger partial charge in [-0.25, -0.2) is 0 Å². The Kier molecular flexibility index (Phi) is 4.66. The van der Waals surface area contributed by atoms with Gasteiger partial charge in [-0.2, -0.15) is 0 Å². The van der Waals surface area contributed by atoms with Gasteiger partial charge in [0, 0.05) is 0 Å². The lowest BCUT2D eigenvalue weighted by Gasteiger charge is -2.28. The third-order valence-electron chi connectivity index (χ3n) is 2.38. The highest BCUT2D eigenvalue weighted by Gasteiger charge is 2.24. The molecule has 1 fully saturated rings. The van der Waals surface area contributed by atoms with E-state index in [9.17, 15) is 5.11 Å². The van der Waals surface area contributed by atoms with Gasteiger partial charge in [0.15, 0.2) is 0 Å². The predicted octanol–water partition coefficient (Wildman–Crippen LogP) is -0.340. The van der Waals surface area contributed by atoms with E-state index in [1.54, 1.807) is 0 Å². The van der Waals surface area contributed by atoms with Crippen LogP contribution in [0.4, 0.5) is 0 Å². The van der Waals surface area contributed by atoms with E-state index < -0.39 is 12.2 Å². The van der Waals surface area contributed by atoms with Crippen LogP contribution in [0.1, 0.15) is 25.7 Å². The second-order valence-corrected chi connectivity index (χ2v) is 3.56. The Morgan fingerprint density at radius 2 is 2.00 bits per heavy atom. The smallest absolute Gasteiger partial charge is 0.100 e. The molecule has 0 spiro atoms. The van der Waals surface area contributed by atoms with Gasteiger partial charge in [-0.3, -0.25) is 0 Å². The second-order valence-electron chi connectivity index (χ2n) is 3.56. The van der Waals surface area contributed by atoms with Crippen molar-refractivity contribution in [1.82, 2.24) is 0 Å². The van der Waals surface area contributed by atoms with Crippen LogP contribution in [-0.4, -0.2) is 46.8 Å². The van der Waals surface area contributed by atoms with Crippen molar-refractivity contribution >= 4 is 0 Å². The van der Waals surface area contributed by atoms with Crippen molar-refractivity contribution in [3.05, 3.63) is 0 Å². The van der Waals surface area contributed by atoms with E-state index in [0.717, 1.165) is 25.7 Å². The van der Waals surface area contributed by atoms with Crippen molar-refractivity contribution in [3.8, 4) is 0 Å². The Morgan fingerprint density at radius 1 is 1.31 bits per heavy atom. The summed E-state index contributed by atoms with van der Waals surface area (Å²) in [6.45, 7) is -0.180. The van der Waals surface area contributed by atoms with Crippen LogP contribution in [-0.2, 0) is 4.74 Å². The molecule has 3 unspecified atom stereocenters. The minimum atomic E-state index is -0.825. The van der Waals surface area contributed by atoms with Gasteiger partial charge < -0.3 is 20.1 Å². The highest BCUT2D eigenvalue weighted by atomic mass is 16.5. The minimum absolute atomic E-state index is 0.109. The third-order valence-corrected chi connectivity index (χ3v) is 2.38. The largest absolute Gasteiger partial charge is 0.394 e. The molecule has 1 rings (SSSR count). The van der Waals surface area contributed by atoms with Crippen molar-refractivity contribution in [2.75, 3.05) is 13.2 Å². The fraction of sp³-hybridized carbons (Fsp3) is 1.00. The first kappa shape index (κ1) is 10.9. The molecule has 0 aromatic heterocycles. The van der Waals surface area contributed by atoms with Crippen LogP contribution < -0.4 is 0 Å². The van der Waals surface area contributed by atoms with Gasteiger partial charge in [-0.15, -0.1) is 0 Å². The molecule has 0 amide bonds. The average molecular weight is 190 g/mol. The summed E-state index contributed by atoms with van der Waals surface area (Å²) in [6, 6.07) is 0. The predicted molar refractivity (Wildman–Crippen MR) is 47.3 cm³/mol. The van der Waals surface area contributed by atoms with Gasteiger partial charge in [-0.1, -0.05) is 12.8 Å². The number of aliphatic hydroxyl groups excluding tert-OH is 3. The molecule has 1 saturated carbocycles. The number of rotatable bonds is 4. The highest BCUT2D eigenvalue weighted by molar-refractivity contribution is 4.75. The maximum Gasteiger partial charge on any atom is 0.100 e. The van der Waals surface area contributed by atoms with Crippen LogP contribution in [0, 0.1) is 0 Å². The Labute approximate surface area is 78.1 Å². The first-order chi connectivity index (χ1) is 6.24. The van der Waals surface area contributed by atoms with Gasteiger partial charge in [0.2, 0.25) is 0 Å². The van der Waals surface area contributed by atoms with Crippen molar-refractivity contribution in [2.45, 2.75) is 44.0 Å². The topological polar surface area (TPSA) is 69.9 Å². The van der Waals surface area contributed by atoms with E-state index in [2.05, 4.69) is 0 Å². The fourth-order valence-corrected chi connectivity index (χ4v) is 1.56. The lowest BCUT2D eigenvalue weighted by Crippen LogP contribution is -2.35. The van der Waals surface area contributed by atoms with Crippen LogP contribution >= 0.6 is 0 Å². The maximum absolute atomic E-state index is 9.49. The molecular weight excluding hydrogens is 172 g/mol. The molecule has 0 aliphatic heterocycles. The summed E-state index contributed by atoms with van der Waals surface area (Å²) in [6.07, 6.45) is 2.35. The standard InChI is InChI=1S/C9H18O4/c10-5-7(11)6-13-9-4-2-1-3-8(9)12/h7-12H,1-6H2. The Hall–Kier alpha value is -0.160. The van der Waals surface area contributed by atoms with E-state index in [0.29, 0.717) is 0 Å². The molecule has 3 atom stereocenters. The Balaban J connectivity index is 2.18. The van der Waals surface area contributed by atoms with Crippen LogP contribution in [0.5, 0.6) is 0 Å². The minimum Gasteiger partial charge on any atom is -0.394 e. The first-order valence-corrected chi connectivity index (χ1v) is 4.82. The SMILES string of the molecule is OCC(O)COC1CCCCC1O. The van der Waals surface area contributed by atoms with Crippen LogP contribution in [0.25, 0.3) is 0 Å². The van der Waals surface area contributed by atoms with Gasteiger partial charge in [-0.05, 0) is 12.8 Å². The maximum atomic E-state index is 9.49. The zero-order valence-corrected chi connectivity index (χ0v) is 7.72. The number of hydrogen-bond acceptors (Lipinski definition) is 4. The van der Waals surface area contributed by atoms with Crippen molar-refractivity contribution in [2.24, 2.45) is 0 Å². The molecule has 0 saturated heterocycles. The van der Waals surface area contributed by atoms with Gasteiger partial charge in [0.1, 0.15) is 6.10 Å². The highest BCUT2D eigenvalue weighted by Crippen LogP contribution is 2.21. The van der Waals surface area contributed by atoms with Crippen LogP contribution in [0.15, 0.2) is 0 Å². The summed E-state index contributed by atoms with van der Waals surface area (Å²) in [5.41, 5.74) is 0. The molecule has 0 heterocycles. The van der Waals surface area contributed by atoms with E-state index >= 15 is 0 Å². The van der Waals surface area contributed by atoms with Crippen LogP contribution in [0.2, 0.25) is 0 Å².